The van der Waals surface area contributed by atoms with Gasteiger partial charge in [-0.1, -0.05) is 48.0 Å². The second-order valence-corrected chi connectivity index (χ2v) is 7.65. The number of nitrogens with zero attached hydrogens (tertiary/aromatic N) is 2. The predicted molar refractivity (Wildman–Crippen MR) is 130 cm³/mol. The summed E-state index contributed by atoms with van der Waals surface area (Å²) in [5.41, 5.74) is 3.63. The van der Waals surface area contributed by atoms with E-state index in [1.165, 1.54) is 19.1 Å². The van der Waals surface area contributed by atoms with E-state index >= 15 is 0 Å². The molecule has 0 radical (unpaired) electrons. The molecule has 0 N–H and O–H groups in total. The minimum Gasteiger partial charge on any atom is -0.497 e. The molecule has 0 saturated carbocycles. The van der Waals surface area contributed by atoms with E-state index in [2.05, 4.69) is 0 Å². The normalized spacial score (nSPS) is 13.5. The highest BCUT2D eigenvalue weighted by molar-refractivity contribution is 6.46. The lowest BCUT2D eigenvalue weighted by Crippen LogP contribution is -2.35. The molecule has 3 aromatic rings. The molecular weight excluding hydrogens is 416 g/mol. The van der Waals surface area contributed by atoms with Crippen molar-refractivity contribution in [1.82, 2.24) is 0 Å². The second kappa shape index (κ2) is 9.20. The molecule has 1 aliphatic rings. The summed E-state index contributed by atoms with van der Waals surface area (Å²) in [4.78, 5) is 30.8. The highest BCUT2D eigenvalue weighted by Crippen LogP contribution is 2.41. The fraction of sp³-hybridized carbons (Fsp3) is 0.185. The first-order valence-corrected chi connectivity index (χ1v) is 10.7. The number of amides is 2. The summed E-state index contributed by atoms with van der Waals surface area (Å²) in [5, 5.41) is 0. The van der Waals surface area contributed by atoms with E-state index in [4.69, 9.17) is 9.47 Å². The topological polar surface area (TPSA) is 59.1 Å². The number of aryl methyl sites for hydroxylation is 1. The number of benzene rings is 3. The number of rotatable bonds is 7. The maximum atomic E-state index is 13.9. The molecule has 1 aliphatic heterocycles. The van der Waals surface area contributed by atoms with Gasteiger partial charge < -0.3 is 14.4 Å². The van der Waals surface area contributed by atoms with Crippen molar-refractivity contribution in [3.8, 4) is 11.5 Å². The van der Waals surface area contributed by atoms with Crippen LogP contribution in [0, 0.1) is 6.92 Å². The third-order valence-corrected chi connectivity index (χ3v) is 5.68. The summed E-state index contributed by atoms with van der Waals surface area (Å²) in [6, 6.07) is 22.3. The van der Waals surface area contributed by atoms with Gasteiger partial charge in [0.2, 0.25) is 0 Å². The maximum absolute atomic E-state index is 13.9. The molecule has 4 rings (SSSR count). The van der Waals surface area contributed by atoms with Gasteiger partial charge in [-0.2, -0.15) is 0 Å². The Morgan fingerprint density at radius 1 is 0.848 bits per heavy atom. The summed E-state index contributed by atoms with van der Waals surface area (Å²) in [7, 11) is 3.04. The lowest BCUT2D eigenvalue weighted by Gasteiger charge is -2.25. The number of para-hydroxylation sites is 1. The smallest absolute Gasteiger partial charge is 0.282 e. The van der Waals surface area contributed by atoms with Crippen LogP contribution in [0.25, 0.3) is 5.57 Å². The predicted octanol–water partition coefficient (Wildman–Crippen LogP) is 4.82. The van der Waals surface area contributed by atoms with Crippen molar-refractivity contribution in [3.05, 3.63) is 89.6 Å². The maximum Gasteiger partial charge on any atom is 0.282 e. The van der Waals surface area contributed by atoms with Crippen LogP contribution in [0.1, 0.15) is 18.1 Å². The number of ether oxygens (including phenoxy) is 2. The monoisotopic (exact) mass is 442 g/mol. The molecule has 1 heterocycles. The summed E-state index contributed by atoms with van der Waals surface area (Å²) >= 11 is 0. The average Bonchev–Trinajstić information content (AvgIpc) is 3.10. The Hall–Kier alpha value is -4.06. The molecule has 3 aromatic carbocycles. The second-order valence-electron chi connectivity index (χ2n) is 7.65. The number of likely N-dealkylation sites (N-methyl/N-ethyl adjacent to an activating group) is 1. The first-order valence-electron chi connectivity index (χ1n) is 10.7. The first kappa shape index (κ1) is 22.1. The van der Waals surface area contributed by atoms with Crippen LogP contribution >= 0.6 is 0 Å². The molecule has 2 amide bonds. The van der Waals surface area contributed by atoms with Crippen molar-refractivity contribution < 1.29 is 19.1 Å². The molecule has 33 heavy (non-hydrogen) atoms. The van der Waals surface area contributed by atoms with Gasteiger partial charge in [0.25, 0.3) is 11.8 Å². The molecule has 0 bridgehead atoms. The molecule has 6 nitrogen and oxygen atoms in total. The van der Waals surface area contributed by atoms with Gasteiger partial charge >= 0.3 is 0 Å². The van der Waals surface area contributed by atoms with Gasteiger partial charge in [0.05, 0.1) is 25.5 Å². The minimum absolute atomic E-state index is 0.336. The number of hydrogen-bond acceptors (Lipinski definition) is 5. The standard InChI is InChI=1S/C27H26N2O4/c1-5-28(20-9-7-6-8-10-20)25-24(19-13-11-18(2)12-14-19)26(30)29(27(25)31)22-17-21(32-3)15-16-23(22)33-4/h6-17H,5H2,1-4H3. The van der Waals surface area contributed by atoms with Crippen molar-refractivity contribution in [2.45, 2.75) is 13.8 Å². The van der Waals surface area contributed by atoms with Gasteiger partial charge in [-0.05, 0) is 43.7 Å². The van der Waals surface area contributed by atoms with Gasteiger partial charge in [0, 0.05) is 18.3 Å². The van der Waals surface area contributed by atoms with E-state index in [1.807, 2.05) is 73.3 Å². The molecule has 0 saturated heterocycles. The molecule has 0 aliphatic carbocycles. The van der Waals surface area contributed by atoms with E-state index in [0.29, 0.717) is 40.6 Å². The molecule has 0 spiro atoms. The number of carbonyl (C=O) groups is 2. The lowest BCUT2D eigenvalue weighted by molar-refractivity contribution is -0.120. The van der Waals surface area contributed by atoms with Crippen molar-refractivity contribution >= 4 is 28.8 Å². The molecule has 168 valence electrons. The zero-order chi connectivity index (χ0) is 23.5. The summed E-state index contributed by atoms with van der Waals surface area (Å²) in [6.07, 6.45) is 0. The van der Waals surface area contributed by atoms with Crippen LogP contribution in [-0.4, -0.2) is 32.6 Å². The Bertz CT molecular complexity index is 1220. The van der Waals surface area contributed by atoms with E-state index in [-0.39, 0.29) is 0 Å². The van der Waals surface area contributed by atoms with Crippen LogP contribution in [0.4, 0.5) is 11.4 Å². The Balaban J connectivity index is 1.93. The highest BCUT2D eigenvalue weighted by atomic mass is 16.5. The van der Waals surface area contributed by atoms with Crippen LogP contribution < -0.4 is 19.3 Å². The van der Waals surface area contributed by atoms with E-state index in [9.17, 15) is 9.59 Å². The quantitative estimate of drug-likeness (QED) is 0.491. The van der Waals surface area contributed by atoms with Gasteiger partial charge in [0.15, 0.2) is 0 Å². The first-order chi connectivity index (χ1) is 16.0. The summed E-state index contributed by atoms with van der Waals surface area (Å²) < 4.78 is 10.8. The summed E-state index contributed by atoms with van der Waals surface area (Å²) in [6.45, 7) is 4.45. The zero-order valence-electron chi connectivity index (χ0n) is 19.2. The average molecular weight is 443 g/mol. The van der Waals surface area contributed by atoms with Crippen LogP contribution in [0.5, 0.6) is 11.5 Å². The Morgan fingerprint density at radius 3 is 2.15 bits per heavy atom. The molecule has 6 heteroatoms. The Labute approximate surface area is 193 Å². The Kier molecular flexibility index (Phi) is 6.18. The van der Waals surface area contributed by atoms with Crippen molar-refractivity contribution in [2.24, 2.45) is 0 Å². The highest BCUT2D eigenvalue weighted by Gasteiger charge is 2.43. The van der Waals surface area contributed by atoms with Crippen LogP contribution in [0.3, 0.4) is 0 Å². The SMILES string of the molecule is CCN(C1=C(c2ccc(C)cc2)C(=O)N(c2cc(OC)ccc2OC)C1=O)c1ccccc1. The third-order valence-electron chi connectivity index (χ3n) is 5.68. The largest absolute Gasteiger partial charge is 0.497 e. The molecule has 0 fully saturated rings. The molecule has 0 unspecified atom stereocenters. The van der Waals surface area contributed by atoms with Gasteiger partial charge in [-0.3, -0.25) is 9.59 Å². The van der Waals surface area contributed by atoms with Crippen molar-refractivity contribution in [1.29, 1.82) is 0 Å². The van der Waals surface area contributed by atoms with Crippen molar-refractivity contribution in [3.63, 3.8) is 0 Å². The number of methoxy groups -OCH3 is 2. The fourth-order valence-electron chi connectivity index (χ4n) is 4.02. The van der Waals surface area contributed by atoms with Gasteiger partial charge in [-0.15, -0.1) is 0 Å². The molecule has 0 atom stereocenters. The summed E-state index contributed by atoms with van der Waals surface area (Å²) in [5.74, 6) is 0.115. The van der Waals surface area contributed by atoms with Gasteiger partial charge in [0.1, 0.15) is 17.2 Å². The zero-order valence-corrected chi connectivity index (χ0v) is 19.2. The third kappa shape index (κ3) is 3.96. The minimum atomic E-state index is -0.409. The number of carbonyl (C=O) groups excluding carboxylic acids is 2. The number of anilines is 2. The molecule has 0 aromatic heterocycles. The van der Waals surface area contributed by atoms with Crippen LogP contribution in [-0.2, 0) is 9.59 Å². The van der Waals surface area contributed by atoms with E-state index in [1.54, 1.807) is 18.2 Å². The van der Waals surface area contributed by atoms with Gasteiger partial charge in [-0.25, -0.2) is 4.90 Å². The van der Waals surface area contributed by atoms with Crippen LogP contribution in [0.2, 0.25) is 0 Å². The Morgan fingerprint density at radius 2 is 1.55 bits per heavy atom. The van der Waals surface area contributed by atoms with Crippen molar-refractivity contribution in [2.75, 3.05) is 30.6 Å². The number of hydrogen-bond donors (Lipinski definition) is 0. The van der Waals surface area contributed by atoms with Crippen LogP contribution in [0.15, 0.2) is 78.5 Å². The number of imide groups is 1. The molecular formula is C27H26N2O4. The van der Waals surface area contributed by atoms with E-state index in [0.717, 1.165) is 11.3 Å². The lowest BCUT2D eigenvalue weighted by atomic mass is 10.0. The fourth-order valence-corrected chi connectivity index (χ4v) is 4.02. The van der Waals surface area contributed by atoms with E-state index < -0.39 is 11.8 Å².